The molecule has 2 N–H and O–H groups in total. The lowest BCUT2D eigenvalue weighted by atomic mass is 10.2. The van der Waals surface area contributed by atoms with Crippen molar-refractivity contribution in [2.45, 2.75) is 27.3 Å². The Morgan fingerprint density at radius 3 is 2.81 bits per heavy atom. The lowest BCUT2D eigenvalue weighted by molar-refractivity contribution is -0.123. The molecule has 0 spiro atoms. The lowest BCUT2D eigenvalue weighted by Gasteiger charge is -2.08. The van der Waals surface area contributed by atoms with Crippen LogP contribution in [0.2, 0.25) is 0 Å². The molecule has 0 aliphatic heterocycles. The fourth-order valence-corrected chi connectivity index (χ4v) is 1.92. The van der Waals surface area contributed by atoms with Crippen LogP contribution < -0.4 is 10.6 Å². The van der Waals surface area contributed by atoms with Gasteiger partial charge >= 0.3 is 0 Å². The number of amides is 1. The van der Waals surface area contributed by atoms with Gasteiger partial charge in [0.15, 0.2) is 0 Å². The maximum absolute atomic E-state index is 11.2. The van der Waals surface area contributed by atoms with Gasteiger partial charge in [0.25, 0.3) is 0 Å². The summed E-state index contributed by atoms with van der Waals surface area (Å²) in [5.74, 6) is 0.166. The van der Waals surface area contributed by atoms with Gasteiger partial charge in [0.2, 0.25) is 5.91 Å². The van der Waals surface area contributed by atoms with Crippen molar-refractivity contribution in [1.82, 2.24) is 15.6 Å². The number of carbonyl (C=O) groups is 1. The second kappa shape index (κ2) is 6.60. The Bertz CT molecular complexity index is 336. The predicted octanol–water partition coefficient (Wildman–Crippen LogP) is 1.31. The van der Waals surface area contributed by atoms with Gasteiger partial charge in [-0.25, -0.2) is 4.98 Å². The molecule has 90 valence electrons. The van der Waals surface area contributed by atoms with E-state index in [-0.39, 0.29) is 11.8 Å². The molecule has 16 heavy (non-hydrogen) atoms. The Balaban J connectivity index is 2.09. The van der Waals surface area contributed by atoms with E-state index in [4.69, 9.17) is 0 Å². The van der Waals surface area contributed by atoms with Gasteiger partial charge in [0, 0.05) is 30.4 Å². The highest BCUT2D eigenvalue weighted by molar-refractivity contribution is 7.09. The van der Waals surface area contributed by atoms with E-state index < -0.39 is 0 Å². The molecule has 0 aliphatic carbocycles. The van der Waals surface area contributed by atoms with Crippen LogP contribution in [-0.2, 0) is 11.3 Å². The van der Waals surface area contributed by atoms with Gasteiger partial charge in [-0.3, -0.25) is 4.79 Å². The molecule has 5 heteroatoms. The van der Waals surface area contributed by atoms with Gasteiger partial charge in [-0.15, -0.1) is 11.3 Å². The van der Waals surface area contributed by atoms with Crippen LogP contribution in [0.1, 0.15) is 24.4 Å². The van der Waals surface area contributed by atoms with E-state index >= 15 is 0 Å². The molecule has 4 nitrogen and oxygen atoms in total. The number of aryl methyl sites for hydroxylation is 1. The molecule has 0 saturated heterocycles. The second-order valence-corrected chi connectivity index (χ2v) is 4.92. The van der Waals surface area contributed by atoms with Crippen LogP contribution >= 0.6 is 11.3 Å². The van der Waals surface area contributed by atoms with Crippen LogP contribution in [0.5, 0.6) is 0 Å². The third-order valence-electron chi connectivity index (χ3n) is 2.26. The third kappa shape index (κ3) is 4.28. The summed E-state index contributed by atoms with van der Waals surface area (Å²) in [5, 5.41) is 6.14. The van der Waals surface area contributed by atoms with Crippen LogP contribution in [0, 0.1) is 12.8 Å². The SMILES string of the molecule is Cc1ncsc1CNCCNC(=O)C(C)C. The van der Waals surface area contributed by atoms with Crippen LogP contribution in [0.15, 0.2) is 5.51 Å². The van der Waals surface area contributed by atoms with Crippen LogP contribution in [0.3, 0.4) is 0 Å². The molecule has 0 fully saturated rings. The summed E-state index contributed by atoms with van der Waals surface area (Å²) < 4.78 is 0. The monoisotopic (exact) mass is 241 g/mol. The van der Waals surface area contributed by atoms with Crippen molar-refractivity contribution in [3.8, 4) is 0 Å². The Hall–Kier alpha value is -0.940. The molecule has 0 atom stereocenters. The molecule has 1 amide bonds. The zero-order chi connectivity index (χ0) is 12.0. The van der Waals surface area contributed by atoms with Gasteiger partial charge in [0.05, 0.1) is 11.2 Å². The highest BCUT2D eigenvalue weighted by atomic mass is 32.1. The minimum Gasteiger partial charge on any atom is -0.355 e. The molecule has 1 rings (SSSR count). The number of carbonyl (C=O) groups excluding carboxylic acids is 1. The molecule has 0 aliphatic rings. The number of nitrogens with one attached hydrogen (secondary N) is 2. The van der Waals surface area contributed by atoms with Gasteiger partial charge < -0.3 is 10.6 Å². The maximum atomic E-state index is 11.2. The summed E-state index contributed by atoms with van der Waals surface area (Å²) in [5.41, 5.74) is 2.94. The first-order chi connectivity index (χ1) is 7.61. The van der Waals surface area contributed by atoms with E-state index in [9.17, 15) is 4.79 Å². The number of hydrogen-bond acceptors (Lipinski definition) is 4. The smallest absolute Gasteiger partial charge is 0.222 e. The molecule has 0 saturated carbocycles. The standard InChI is InChI=1S/C11H19N3OS/c1-8(2)11(15)13-5-4-12-6-10-9(3)14-7-16-10/h7-8,12H,4-6H2,1-3H3,(H,13,15). The zero-order valence-electron chi connectivity index (χ0n) is 10.0. The average molecular weight is 241 g/mol. The Kier molecular flexibility index (Phi) is 5.42. The Morgan fingerprint density at radius 1 is 1.50 bits per heavy atom. The van der Waals surface area contributed by atoms with Crippen molar-refractivity contribution in [3.05, 3.63) is 16.1 Å². The Labute approximate surface area is 100 Å². The summed E-state index contributed by atoms with van der Waals surface area (Å²) in [6, 6.07) is 0. The number of rotatable bonds is 6. The summed E-state index contributed by atoms with van der Waals surface area (Å²) in [6.07, 6.45) is 0. The molecule has 1 aromatic rings. The van der Waals surface area contributed by atoms with Gasteiger partial charge in [-0.1, -0.05) is 13.8 Å². The summed E-state index contributed by atoms with van der Waals surface area (Å²) in [6.45, 7) is 8.08. The van der Waals surface area contributed by atoms with E-state index in [1.807, 2.05) is 26.3 Å². The molecule has 0 radical (unpaired) electrons. The van der Waals surface area contributed by atoms with Crippen LogP contribution in [-0.4, -0.2) is 24.0 Å². The molecule has 0 aromatic carbocycles. The topological polar surface area (TPSA) is 54.0 Å². The van der Waals surface area contributed by atoms with Crippen molar-refractivity contribution < 1.29 is 4.79 Å². The van der Waals surface area contributed by atoms with Crippen molar-refractivity contribution in [2.75, 3.05) is 13.1 Å². The normalized spacial score (nSPS) is 10.8. The zero-order valence-corrected chi connectivity index (χ0v) is 10.9. The largest absolute Gasteiger partial charge is 0.355 e. The van der Waals surface area contributed by atoms with Crippen molar-refractivity contribution in [3.63, 3.8) is 0 Å². The first kappa shape index (κ1) is 13.1. The summed E-state index contributed by atoms with van der Waals surface area (Å²) in [7, 11) is 0. The Morgan fingerprint density at radius 2 is 2.25 bits per heavy atom. The number of nitrogens with zero attached hydrogens (tertiary/aromatic N) is 1. The van der Waals surface area contributed by atoms with E-state index in [1.165, 1.54) is 4.88 Å². The first-order valence-corrected chi connectivity index (χ1v) is 6.36. The molecule has 1 aromatic heterocycles. The highest BCUT2D eigenvalue weighted by Gasteiger charge is 2.05. The van der Waals surface area contributed by atoms with Crippen LogP contribution in [0.4, 0.5) is 0 Å². The quantitative estimate of drug-likeness (QED) is 0.738. The molecule has 0 bridgehead atoms. The van der Waals surface area contributed by atoms with E-state index in [0.717, 1.165) is 18.8 Å². The molecular weight excluding hydrogens is 222 g/mol. The number of hydrogen-bond donors (Lipinski definition) is 2. The molecular formula is C11H19N3OS. The van der Waals surface area contributed by atoms with Crippen molar-refractivity contribution in [2.24, 2.45) is 5.92 Å². The van der Waals surface area contributed by atoms with Crippen LogP contribution in [0.25, 0.3) is 0 Å². The van der Waals surface area contributed by atoms with Gasteiger partial charge in [-0.2, -0.15) is 0 Å². The maximum Gasteiger partial charge on any atom is 0.222 e. The third-order valence-corrected chi connectivity index (χ3v) is 3.19. The van der Waals surface area contributed by atoms with Gasteiger partial charge in [0.1, 0.15) is 0 Å². The second-order valence-electron chi connectivity index (χ2n) is 3.98. The first-order valence-electron chi connectivity index (χ1n) is 5.48. The summed E-state index contributed by atoms with van der Waals surface area (Å²) >= 11 is 1.66. The average Bonchev–Trinajstić information content (AvgIpc) is 2.63. The minimum absolute atomic E-state index is 0.0590. The molecule has 1 heterocycles. The predicted molar refractivity (Wildman–Crippen MR) is 66.4 cm³/mol. The number of aromatic nitrogens is 1. The highest BCUT2D eigenvalue weighted by Crippen LogP contribution is 2.10. The van der Waals surface area contributed by atoms with E-state index in [1.54, 1.807) is 11.3 Å². The van der Waals surface area contributed by atoms with Gasteiger partial charge in [-0.05, 0) is 6.92 Å². The molecule has 0 unspecified atom stereocenters. The minimum atomic E-state index is 0.0590. The fourth-order valence-electron chi connectivity index (χ4n) is 1.18. The van der Waals surface area contributed by atoms with Crippen molar-refractivity contribution >= 4 is 17.2 Å². The summed E-state index contributed by atoms with van der Waals surface area (Å²) in [4.78, 5) is 16.7. The fraction of sp³-hybridized carbons (Fsp3) is 0.636. The van der Waals surface area contributed by atoms with Crippen molar-refractivity contribution in [1.29, 1.82) is 0 Å². The number of thiazole rings is 1. The van der Waals surface area contributed by atoms with E-state index in [2.05, 4.69) is 15.6 Å². The van der Waals surface area contributed by atoms with E-state index in [0.29, 0.717) is 6.54 Å². The lowest BCUT2D eigenvalue weighted by Crippen LogP contribution is -2.34.